The van der Waals surface area contributed by atoms with Crippen molar-refractivity contribution in [3.8, 4) is 0 Å². The average molecular weight is 212 g/mol. The van der Waals surface area contributed by atoms with Gasteiger partial charge in [-0.05, 0) is 30.8 Å². The van der Waals surface area contributed by atoms with Crippen LogP contribution in [0.15, 0.2) is 24.3 Å². The van der Waals surface area contributed by atoms with Gasteiger partial charge in [-0.25, -0.2) is 4.39 Å². The molecule has 2 N–H and O–H groups in total. The quantitative estimate of drug-likeness (QED) is 0.753. The molecular weight excluding hydrogens is 199 g/mol. The summed E-state index contributed by atoms with van der Waals surface area (Å²) >= 11 is 4.97. The molecule has 0 unspecified atom stereocenters. The second-order valence-corrected chi connectivity index (χ2v) is 3.27. The number of hydrogen-bond acceptors (Lipinski definition) is 1. The van der Waals surface area contributed by atoms with Crippen molar-refractivity contribution in [2.75, 3.05) is 11.9 Å². The van der Waals surface area contributed by atoms with Crippen LogP contribution in [-0.2, 0) is 0 Å². The van der Waals surface area contributed by atoms with E-state index in [0.717, 1.165) is 13.0 Å². The molecule has 0 aliphatic rings. The molecule has 0 aromatic heterocycles. The number of benzene rings is 1. The van der Waals surface area contributed by atoms with Crippen LogP contribution in [0.4, 0.5) is 10.1 Å². The highest BCUT2D eigenvalue weighted by Crippen LogP contribution is 2.11. The molecule has 4 heteroatoms. The van der Waals surface area contributed by atoms with Crippen LogP contribution in [-0.4, -0.2) is 11.7 Å². The maximum absolute atomic E-state index is 13.1. The first-order valence-electron chi connectivity index (χ1n) is 4.53. The fraction of sp³-hybridized carbons (Fsp3) is 0.300. The third kappa shape index (κ3) is 3.30. The van der Waals surface area contributed by atoms with Crippen LogP contribution < -0.4 is 10.6 Å². The highest BCUT2D eigenvalue weighted by molar-refractivity contribution is 7.80. The zero-order chi connectivity index (χ0) is 10.4. The Balaban J connectivity index is 2.52. The molecule has 1 rings (SSSR count). The van der Waals surface area contributed by atoms with Crippen LogP contribution in [0.5, 0.6) is 0 Å². The molecule has 76 valence electrons. The lowest BCUT2D eigenvalue weighted by atomic mass is 10.3. The van der Waals surface area contributed by atoms with Crippen molar-refractivity contribution in [1.29, 1.82) is 0 Å². The summed E-state index contributed by atoms with van der Waals surface area (Å²) in [6, 6.07) is 6.44. The second kappa shape index (κ2) is 5.54. The molecule has 0 bridgehead atoms. The zero-order valence-corrected chi connectivity index (χ0v) is 8.83. The van der Waals surface area contributed by atoms with Crippen LogP contribution in [0.1, 0.15) is 13.3 Å². The summed E-state index contributed by atoms with van der Waals surface area (Å²) in [5, 5.41) is 6.21. The Morgan fingerprint density at radius 2 is 2.14 bits per heavy atom. The molecule has 0 atom stereocenters. The van der Waals surface area contributed by atoms with Crippen LogP contribution >= 0.6 is 12.2 Å². The van der Waals surface area contributed by atoms with E-state index in [2.05, 4.69) is 10.6 Å². The Labute approximate surface area is 88.5 Å². The smallest absolute Gasteiger partial charge is 0.170 e. The van der Waals surface area contributed by atoms with E-state index in [1.165, 1.54) is 6.07 Å². The average Bonchev–Trinajstić information content (AvgIpc) is 2.18. The normalized spacial score (nSPS) is 9.57. The molecule has 0 spiro atoms. The number of hydrogen-bond donors (Lipinski definition) is 2. The molecule has 14 heavy (non-hydrogen) atoms. The highest BCUT2D eigenvalue weighted by atomic mass is 32.1. The molecular formula is C10H13FN2S. The fourth-order valence-corrected chi connectivity index (χ4v) is 1.18. The minimum atomic E-state index is -0.298. The van der Waals surface area contributed by atoms with Gasteiger partial charge >= 0.3 is 0 Å². The summed E-state index contributed by atoms with van der Waals surface area (Å²) in [7, 11) is 0. The molecule has 0 radical (unpaired) electrons. The minimum Gasteiger partial charge on any atom is -0.362 e. The second-order valence-electron chi connectivity index (χ2n) is 2.86. The summed E-state index contributed by atoms with van der Waals surface area (Å²) in [6.07, 6.45) is 0.985. The third-order valence-electron chi connectivity index (χ3n) is 1.66. The topological polar surface area (TPSA) is 24.1 Å². The minimum absolute atomic E-state index is 0.298. The van der Waals surface area contributed by atoms with E-state index in [1.54, 1.807) is 18.2 Å². The summed E-state index contributed by atoms with van der Waals surface area (Å²) in [5.41, 5.74) is 0.404. The predicted molar refractivity (Wildman–Crippen MR) is 60.9 cm³/mol. The van der Waals surface area contributed by atoms with Gasteiger partial charge in [0.25, 0.3) is 0 Å². The van der Waals surface area contributed by atoms with Gasteiger partial charge in [-0.15, -0.1) is 0 Å². The monoisotopic (exact) mass is 212 g/mol. The summed E-state index contributed by atoms with van der Waals surface area (Å²) in [4.78, 5) is 0. The number of thiocarbonyl (C=S) groups is 1. The van der Waals surface area contributed by atoms with Gasteiger partial charge in [0.15, 0.2) is 5.11 Å². The Morgan fingerprint density at radius 1 is 1.43 bits per heavy atom. The van der Waals surface area contributed by atoms with Gasteiger partial charge in [-0.2, -0.15) is 0 Å². The van der Waals surface area contributed by atoms with Gasteiger partial charge < -0.3 is 10.6 Å². The SMILES string of the molecule is CCCNC(=S)Nc1ccccc1F. The summed E-state index contributed by atoms with van der Waals surface area (Å²) < 4.78 is 13.1. The fourth-order valence-electron chi connectivity index (χ4n) is 0.968. The number of anilines is 1. The Hall–Kier alpha value is -1.16. The Morgan fingerprint density at radius 3 is 2.79 bits per heavy atom. The predicted octanol–water partition coefficient (Wildman–Crippen LogP) is 2.52. The van der Waals surface area contributed by atoms with Gasteiger partial charge in [-0.3, -0.25) is 0 Å². The largest absolute Gasteiger partial charge is 0.362 e. The molecule has 0 fully saturated rings. The first kappa shape index (κ1) is 10.9. The number of nitrogens with one attached hydrogen (secondary N) is 2. The van der Waals surface area contributed by atoms with Gasteiger partial charge in [0, 0.05) is 6.54 Å². The maximum Gasteiger partial charge on any atom is 0.170 e. The van der Waals surface area contributed by atoms with Crippen LogP contribution in [0.3, 0.4) is 0 Å². The van der Waals surface area contributed by atoms with E-state index in [1.807, 2.05) is 6.92 Å². The standard InChI is InChI=1S/C10H13FN2S/c1-2-7-12-10(14)13-9-6-4-3-5-8(9)11/h3-6H,2,7H2,1H3,(H2,12,13,14). The van der Waals surface area contributed by atoms with Crippen molar-refractivity contribution < 1.29 is 4.39 Å². The number of rotatable bonds is 3. The molecule has 2 nitrogen and oxygen atoms in total. The van der Waals surface area contributed by atoms with Crippen molar-refractivity contribution >= 4 is 23.0 Å². The van der Waals surface area contributed by atoms with Crippen LogP contribution in [0, 0.1) is 5.82 Å². The van der Waals surface area contributed by atoms with Crippen molar-refractivity contribution in [3.05, 3.63) is 30.1 Å². The molecule has 0 saturated heterocycles. The van der Waals surface area contributed by atoms with E-state index < -0.39 is 0 Å². The van der Waals surface area contributed by atoms with E-state index >= 15 is 0 Å². The Bertz CT molecular complexity index is 315. The van der Waals surface area contributed by atoms with Gasteiger partial charge in [0.2, 0.25) is 0 Å². The molecule has 0 heterocycles. The Kier molecular flexibility index (Phi) is 4.32. The molecule has 0 saturated carbocycles. The first-order valence-corrected chi connectivity index (χ1v) is 4.94. The third-order valence-corrected chi connectivity index (χ3v) is 1.90. The number of halogens is 1. The van der Waals surface area contributed by atoms with E-state index in [-0.39, 0.29) is 5.82 Å². The van der Waals surface area contributed by atoms with E-state index in [4.69, 9.17) is 12.2 Å². The maximum atomic E-state index is 13.1. The van der Waals surface area contributed by atoms with E-state index in [0.29, 0.717) is 10.8 Å². The van der Waals surface area contributed by atoms with Crippen molar-refractivity contribution in [3.63, 3.8) is 0 Å². The molecule has 0 aliphatic heterocycles. The first-order chi connectivity index (χ1) is 6.74. The van der Waals surface area contributed by atoms with Crippen molar-refractivity contribution in [2.45, 2.75) is 13.3 Å². The lowest BCUT2D eigenvalue weighted by molar-refractivity contribution is 0.632. The van der Waals surface area contributed by atoms with E-state index in [9.17, 15) is 4.39 Å². The lowest BCUT2D eigenvalue weighted by Crippen LogP contribution is -2.29. The number of para-hydroxylation sites is 1. The van der Waals surface area contributed by atoms with Gasteiger partial charge in [-0.1, -0.05) is 19.1 Å². The molecule has 1 aromatic carbocycles. The van der Waals surface area contributed by atoms with Crippen molar-refractivity contribution in [2.24, 2.45) is 0 Å². The molecule has 0 amide bonds. The van der Waals surface area contributed by atoms with Gasteiger partial charge in [0.1, 0.15) is 5.82 Å². The lowest BCUT2D eigenvalue weighted by Gasteiger charge is -2.09. The summed E-state index contributed by atoms with van der Waals surface area (Å²) in [5.74, 6) is -0.298. The summed E-state index contributed by atoms with van der Waals surface area (Å²) in [6.45, 7) is 2.83. The van der Waals surface area contributed by atoms with Crippen LogP contribution in [0.25, 0.3) is 0 Å². The van der Waals surface area contributed by atoms with Gasteiger partial charge in [0.05, 0.1) is 5.69 Å². The van der Waals surface area contributed by atoms with Crippen molar-refractivity contribution in [1.82, 2.24) is 5.32 Å². The highest BCUT2D eigenvalue weighted by Gasteiger charge is 2.01. The van der Waals surface area contributed by atoms with Crippen LogP contribution in [0.2, 0.25) is 0 Å². The molecule has 1 aromatic rings. The zero-order valence-electron chi connectivity index (χ0n) is 8.01. The molecule has 0 aliphatic carbocycles.